The van der Waals surface area contributed by atoms with Crippen molar-refractivity contribution in [3.05, 3.63) is 95.3 Å². The first-order valence-corrected chi connectivity index (χ1v) is 9.01. The van der Waals surface area contributed by atoms with Crippen LogP contribution in [0.4, 0.5) is 15.8 Å². The number of hydrogen-bond donors (Lipinski definition) is 2. The molecule has 1 aliphatic heterocycles. The van der Waals surface area contributed by atoms with Crippen molar-refractivity contribution >= 4 is 11.4 Å². The van der Waals surface area contributed by atoms with E-state index in [1.807, 2.05) is 58.3 Å². The first-order chi connectivity index (χ1) is 13.1. The molecule has 3 aromatic carbocycles. The third-order valence-corrected chi connectivity index (χ3v) is 5.12. The summed E-state index contributed by atoms with van der Waals surface area (Å²) >= 11 is 0. The van der Waals surface area contributed by atoms with Gasteiger partial charge >= 0.3 is 0 Å². The average molecular weight is 362 g/mol. The van der Waals surface area contributed by atoms with Gasteiger partial charge in [-0.25, -0.2) is 9.29 Å². The molecule has 0 aliphatic carbocycles. The van der Waals surface area contributed by atoms with Gasteiger partial charge in [-0.2, -0.15) is 0 Å². The Bertz CT molecular complexity index is 944. The van der Waals surface area contributed by atoms with Gasteiger partial charge in [-0.15, -0.1) is 0 Å². The molecule has 3 aromatic rings. The summed E-state index contributed by atoms with van der Waals surface area (Å²) in [5.41, 5.74) is 17.5. The normalized spacial score (nSPS) is 19.8. The number of halogens is 1. The molecule has 0 amide bonds. The van der Waals surface area contributed by atoms with E-state index in [0.29, 0.717) is 17.8 Å². The Morgan fingerprint density at radius 1 is 0.926 bits per heavy atom. The van der Waals surface area contributed by atoms with Crippen LogP contribution in [0.1, 0.15) is 22.9 Å². The summed E-state index contributed by atoms with van der Waals surface area (Å²) in [4.78, 5) is 3.97. The van der Waals surface area contributed by atoms with E-state index in [9.17, 15) is 4.39 Å². The number of nitrogens with two attached hydrogens (primary N) is 2. The third kappa shape index (κ3) is 3.21. The molecule has 4 N–H and O–H groups in total. The number of para-hydroxylation sites is 1. The van der Waals surface area contributed by atoms with Crippen LogP contribution in [0.2, 0.25) is 0 Å². The highest BCUT2D eigenvalue weighted by molar-refractivity contribution is 5.69. The molecule has 0 fully saturated rings. The quantitative estimate of drug-likeness (QED) is 0.740. The molecular weight excluding hydrogens is 339 g/mol. The van der Waals surface area contributed by atoms with E-state index >= 15 is 0 Å². The number of benzene rings is 3. The van der Waals surface area contributed by atoms with Crippen LogP contribution in [0, 0.1) is 12.7 Å². The van der Waals surface area contributed by atoms with Crippen molar-refractivity contribution in [2.75, 3.05) is 4.90 Å². The lowest BCUT2D eigenvalue weighted by atomic mass is 10.0. The lowest BCUT2D eigenvalue weighted by Crippen LogP contribution is -2.58. The smallest absolute Gasteiger partial charge is 0.141 e. The van der Waals surface area contributed by atoms with Crippen LogP contribution in [-0.4, -0.2) is 11.2 Å². The van der Waals surface area contributed by atoms with Crippen LogP contribution >= 0.6 is 0 Å². The van der Waals surface area contributed by atoms with Crippen LogP contribution in [0.3, 0.4) is 0 Å². The molecule has 2 atom stereocenters. The Balaban J connectivity index is 1.79. The fourth-order valence-electron chi connectivity index (χ4n) is 3.60. The molecule has 4 rings (SSSR count). The molecule has 138 valence electrons. The Morgan fingerprint density at radius 3 is 2.37 bits per heavy atom. The van der Waals surface area contributed by atoms with Crippen molar-refractivity contribution in [1.29, 1.82) is 0 Å². The van der Waals surface area contributed by atoms with E-state index in [2.05, 4.69) is 12.1 Å². The number of anilines is 2. The minimum atomic E-state index is -0.516. The fourth-order valence-corrected chi connectivity index (χ4v) is 3.60. The summed E-state index contributed by atoms with van der Waals surface area (Å²) in [6.07, 6.45) is -0.861. The first-order valence-electron chi connectivity index (χ1n) is 9.01. The molecule has 27 heavy (non-hydrogen) atoms. The molecule has 0 radical (unpaired) electrons. The van der Waals surface area contributed by atoms with E-state index in [1.54, 1.807) is 13.0 Å². The summed E-state index contributed by atoms with van der Waals surface area (Å²) in [7, 11) is 0. The Hall–Kier alpha value is -2.73. The van der Waals surface area contributed by atoms with E-state index in [4.69, 9.17) is 11.5 Å². The second kappa shape index (κ2) is 7.12. The van der Waals surface area contributed by atoms with Crippen molar-refractivity contribution in [2.24, 2.45) is 11.5 Å². The van der Waals surface area contributed by atoms with Gasteiger partial charge in [-0.3, -0.25) is 5.73 Å². The van der Waals surface area contributed by atoms with Crippen LogP contribution in [0.15, 0.2) is 72.8 Å². The number of fused-ring (bicyclic) bond motifs is 1. The molecule has 0 bridgehead atoms. The van der Waals surface area contributed by atoms with E-state index in [0.717, 1.165) is 16.8 Å². The SMILES string of the molecule is Cc1ccc(N2c3ccccc3C(N)N(Cc3ccccc3)C2N)cc1F. The fraction of sp³-hybridized carbons (Fsp3) is 0.182. The van der Waals surface area contributed by atoms with Crippen LogP contribution < -0.4 is 16.4 Å². The summed E-state index contributed by atoms with van der Waals surface area (Å²) in [5, 5.41) is 0. The molecule has 5 heteroatoms. The predicted molar refractivity (Wildman–Crippen MR) is 107 cm³/mol. The Morgan fingerprint density at radius 2 is 1.63 bits per heavy atom. The summed E-state index contributed by atoms with van der Waals surface area (Å²) in [6, 6.07) is 23.2. The maximum atomic E-state index is 14.3. The molecule has 0 saturated carbocycles. The van der Waals surface area contributed by atoms with Crippen LogP contribution in [-0.2, 0) is 6.54 Å². The lowest BCUT2D eigenvalue weighted by Gasteiger charge is -2.47. The van der Waals surface area contributed by atoms with Gasteiger partial charge in [0, 0.05) is 23.5 Å². The number of nitrogens with zero attached hydrogens (tertiary/aromatic N) is 2. The van der Waals surface area contributed by atoms with Crippen LogP contribution in [0.25, 0.3) is 0 Å². The second-order valence-corrected chi connectivity index (χ2v) is 6.88. The van der Waals surface area contributed by atoms with Crippen molar-refractivity contribution < 1.29 is 4.39 Å². The van der Waals surface area contributed by atoms with Crippen molar-refractivity contribution in [2.45, 2.75) is 25.9 Å². The summed E-state index contributed by atoms with van der Waals surface area (Å²) in [6.45, 7) is 2.35. The third-order valence-electron chi connectivity index (χ3n) is 5.12. The summed E-state index contributed by atoms with van der Waals surface area (Å²) < 4.78 is 14.3. The molecule has 4 nitrogen and oxygen atoms in total. The molecule has 1 aliphatic rings. The Labute approximate surface area is 158 Å². The van der Waals surface area contributed by atoms with Gasteiger partial charge in [0.05, 0.1) is 6.17 Å². The van der Waals surface area contributed by atoms with E-state index < -0.39 is 6.29 Å². The predicted octanol–water partition coefficient (Wildman–Crippen LogP) is 3.99. The molecular formula is C22H23FN4. The van der Waals surface area contributed by atoms with E-state index in [1.165, 1.54) is 6.07 Å². The molecule has 1 heterocycles. The van der Waals surface area contributed by atoms with Gasteiger partial charge in [0.15, 0.2) is 0 Å². The van der Waals surface area contributed by atoms with Crippen LogP contribution in [0.5, 0.6) is 0 Å². The molecule has 2 unspecified atom stereocenters. The standard InChI is InChI=1S/C22H23FN4/c1-15-11-12-17(13-19(15)23)27-20-10-6-5-9-18(20)21(24)26(22(27)25)14-16-7-3-2-4-8-16/h2-13,21-22H,14,24-25H2,1H3. The molecule has 0 spiro atoms. The first kappa shape index (κ1) is 17.7. The Kier molecular flexibility index (Phi) is 4.66. The van der Waals surface area contributed by atoms with Gasteiger partial charge in [-0.1, -0.05) is 54.6 Å². The largest absolute Gasteiger partial charge is 0.312 e. The zero-order valence-electron chi connectivity index (χ0n) is 15.2. The number of rotatable bonds is 3. The van der Waals surface area contributed by atoms with Gasteiger partial charge in [0.2, 0.25) is 0 Å². The van der Waals surface area contributed by atoms with Gasteiger partial charge in [0.1, 0.15) is 12.1 Å². The van der Waals surface area contributed by atoms with Gasteiger partial charge < -0.3 is 10.6 Å². The highest BCUT2D eigenvalue weighted by Gasteiger charge is 2.36. The summed E-state index contributed by atoms with van der Waals surface area (Å²) in [5.74, 6) is -0.248. The average Bonchev–Trinajstić information content (AvgIpc) is 2.69. The minimum absolute atomic E-state index is 0.248. The number of aryl methyl sites for hydroxylation is 1. The minimum Gasteiger partial charge on any atom is -0.312 e. The lowest BCUT2D eigenvalue weighted by molar-refractivity contribution is 0.121. The monoisotopic (exact) mass is 362 g/mol. The highest BCUT2D eigenvalue weighted by atomic mass is 19.1. The zero-order chi connectivity index (χ0) is 19.0. The molecule has 0 saturated heterocycles. The van der Waals surface area contributed by atoms with Crippen molar-refractivity contribution in [3.8, 4) is 0 Å². The highest BCUT2D eigenvalue weighted by Crippen LogP contribution is 2.40. The topological polar surface area (TPSA) is 58.5 Å². The second-order valence-electron chi connectivity index (χ2n) is 6.88. The maximum absolute atomic E-state index is 14.3. The van der Waals surface area contributed by atoms with Gasteiger partial charge in [0.25, 0.3) is 0 Å². The van der Waals surface area contributed by atoms with Crippen molar-refractivity contribution in [3.63, 3.8) is 0 Å². The molecule has 0 aromatic heterocycles. The van der Waals surface area contributed by atoms with Crippen molar-refractivity contribution in [1.82, 2.24) is 4.90 Å². The van der Waals surface area contributed by atoms with Gasteiger partial charge in [-0.05, 0) is 36.2 Å². The zero-order valence-corrected chi connectivity index (χ0v) is 15.2. The maximum Gasteiger partial charge on any atom is 0.141 e. The number of hydrogen-bond acceptors (Lipinski definition) is 4. The van der Waals surface area contributed by atoms with E-state index in [-0.39, 0.29) is 12.0 Å².